The van der Waals surface area contributed by atoms with E-state index >= 15 is 0 Å². The largest absolute Gasteiger partial charge is 0.392 e. The Morgan fingerprint density at radius 1 is 0.912 bits per heavy atom. The molecule has 1 heterocycles. The van der Waals surface area contributed by atoms with Crippen LogP contribution < -0.4 is 0 Å². The molecule has 5 aliphatic carbocycles. The third-order valence-corrected chi connectivity index (χ3v) is 11.6. The van der Waals surface area contributed by atoms with Gasteiger partial charge in [-0.05, 0) is 18.9 Å². The molecule has 34 heavy (non-hydrogen) atoms. The minimum Gasteiger partial charge on any atom is -0.392 e. The first-order valence-corrected chi connectivity index (χ1v) is 12.8. The Balaban J connectivity index is 1.66. The molecule has 7 unspecified atom stereocenters. The van der Waals surface area contributed by atoms with Gasteiger partial charge < -0.3 is 39.4 Å². The molecule has 5 saturated carbocycles. The van der Waals surface area contributed by atoms with Gasteiger partial charge in [0.2, 0.25) is 0 Å². The Hall–Kier alpha value is -0.360. The predicted molar refractivity (Wildman–Crippen MR) is 120 cm³/mol. The second-order valence-electron chi connectivity index (χ2n) is 12.0. The summed E-state index contributed by atoms with van der Waals surface area (Å²) in [6, 6.07) is -0.0636. The number of rotatable bonds is 6. The number of hydrogen-bond donors (Lipinski definition) is 4. The Kier molecular flexibility index (Phi) is 5.19. The third kappa shape index (κ3) is 2.26. The second-order valence-corrected chi connectivity index (χ2v) is 12.0. The van der Waals surface area contributed by atoms with E-state index in [1.807, 2.05) is 0 Å². The zero-order valence-electron chi connectivity index (χ0n) is 20.9. The maximum absolute atomic E-state index is 12.6. The van der Waals surface area contributed by atoms with E-state index in [-0.39, 0.29) is 42.4 Å². The minimum atomic E-state index is -1.43. The van der Waals surface area contributed by atoms with Crippen molar-refractivity contribution in [3.63, 3.8) is 0 Å². The van der Waals surface area contributed by atoms with Crippen molar-refractivity contribution in [3.05, 3.63) is 0 Å². The Morgan fingerprint density at radius 3 is 2.21 bits per heavy atom. The highest BCUT2D eigenvalue weighted by Crippen LogP contribution is 2.79. The summed E-state index contributed by atoms with van der Waals surface area (Å²) in [6.07, 6.45) is -2.06. The van der Waals surface area contributed by atoms with Gasteiger partial charge in [-0.3, -0.25) is 4.90 Å². The van der Waals surface area contributed by atoms with Gasteiger partial charge in [-0.15, -0.1) is 0 Å². The molecule has 0 amide bonds. The fourth-order valence-corrected chi connectivity index (χ4v) is 10.9. The normalized spacial score (nSPS) is 61.7. The molecule has 14 atom stereocenters. The number of nitrogens with zero attached hydrogens (tertiary/aromatic N) is 1. The van der Waals surface area contributed by atoms with Crippen molar-refractivity contribution in [2.24, 2.45) is 34.5 Å². The molecule has 9 heteroatoms. The van der Waals surface area contributed by atoms with Gasteiger partial charge in [-0.25, -0.2) is 0 Å². The van der Waals surface area contributed by atoms with Crippen LogP contribution in [0.3, 0.4) is 0 Å². The molecule has 1 saturated heterocycles. The molecule has 4 N–H and O–H groups in total. The first-order chi connectivity index (χ1) is 16.2. The van der Waals surface area contributed by atoms with Gasteiger partial charge in [-0.2, -0.15) is 0 Å². The fraction of sp³-hybridized carbons (Fsp3) is 1.00. The number of ether oxygens (including phenoxy) is 4. The van der Waals surface area contributed by atoms with Gasteiger partial charge in [0.25, 0.3) is 0 Å². The molecule has 194 valence electrons. The highest BCUT2D eigenvalue weighted by Gasteiger charge is 2.89. The predicted octanol–water partition coefficient (Wildman–Crippen LogP) is -0.758. The number of piperidine rings is 1. The lowest BCUT2D eigenvalue weighted by Crippen LogP contribution is -2.78. The van der Waals surface area contributed by atoms with Crippen LogP contribution in [-0.4, -0.2) is 121 Å². The van der Waals surface area contributed by atoms with Crippen LogP contribution in [0.2, 0.25) is 0 Å². The lowest BCUT2D eigenvalue weighted by atomic mass is 9.42. The van der Waals surface area contributed by atoms with Crippen molar-refractivity contribution in [3.8, 4) is 0 Å². The summed E-state index contributed by atoms with van der Waals surface area (Å²) in [6.45, 7) is 3.88. The van der Waals surface area contributed by atoms with Crippen LogP contribution >= 0.6 is 0 Å². The van der Waals surface area contributed by atoms with Crippen LogP contribution in [0.25, 0.3) is 0 Å². The number of aliphatic hydroxyl groups excluding tert-OH is 2. The topological polar surface area (TPSA) is 121 Å². The van der Waals surface area contributed by atoms with E-state index in [1.165, 1.54) is 0 Å². The number of methoxy groups -OCH3 is 4. The molecule has 1 spiro atoms. The average Bonchev–Trinajstić information content (AvgIpc) is 3.17. The van der Waals surface area contributed by atoms with Crippen molar-refractivity contribution in [1.82, 2.24) is 4.90 Å². The van der Waals surface area contributed by atoms with Gasteiger partial charge in [0, 0.05) is 82.5 Å². The molecule has 1 aliphatic heterocycles. The van der Waals surface area contributed by atoms with E-state index in [1.54, 1.807) is 28.4 Å². The van der Waals surface area contributed by atoms with Crippen LogP contribution in [0, 0.1) is 34.5 Å². The molecule has 6 rings (SSSR count). The minimum absolute atomic E-state index is 0.0636. The van der Waals surface area contributed by atoms with E-state index in [0.717, 1.165) is 6.54 Å². The molecule has 9 nitrogen and oxygen atoms in total. The van der Waals surface area contributed by atoms with Crippen molar-refractivity contribution in [1.29, 1.82) is 0 Å². The highest BCUT2D eigenvalue weighted by molar-refractivity contribution is 5.38. The maximum atomic E-state index is 12.6. The molecule has 0 aromatic rings. The molecule has 6 aliphatic rings. The van der Waals surface area contributed by atoms with Crippen LogP contribution in [0.15, 0.2) is 0 Å². The standard InChI is InChI=1S/C25H41NO8/c1-6-26-10-22(11-31-2)13(27)7-14(32-3)25-12-8-23(29)15(33-4)9-24(30,16(12)21(23)28)17(20(25)26)18(34-5)19(22)25/h12-21,27-30H,6-11H2,1-5H3/t12-,13?,14?,15+,16-,17?,18?,19-,20-,21?,22?,23-,24-,25?/m1/s1. The molecule has 0 radical (unpaired) electrons. The Bertz CT molecular complexity index is 846. The van der Waals surface area contributed by atoms with Crippen molar-refractivity contribution in [2.75, 3.05) is 48.1 Å². The quantitative estimate of drug-likeness (QED) is 0.386. The van der Waals surface area contributed by atoms with Crippen molar-refractivity contribution >= 4 is 0 Å². The van der Waals surface area contributed by atoms with Gasteiger partial charge in [0.05, 0.1) is 42.7 Å². The SMILES string of the molecule is CCN1CC2(COC)C(O)CC(OC)C34[C@@H]5C[C@]6(O)C(O)[C@@H]5[C@](O)(C[C@@H]6OC)C(C(OC)[C@H]23)[C@@H]14. The van der Waals surface area contributed by atoms with Crippen molar-refractivity contribution in [2.45, 2.75) is 73.9 Å². The summed E-state index contributed by atoms with van der Waals surface area (Å²) < 4.78 is 24.0. The smallest absolute Gasteiger partial charge is 0.117 e. The number of aliphatic hydroxyl groups is 4. The summed E-state index contributed by atoms with van der Waals surface area (Å²) in [4.78, 5) is 2.39. The second kappa shape index (κ2) is 7.36. The lowest BCUT2D eigenvalue weighted by molar-refractivity contribution is -0.298. The summed E-state index contributed by atoms with van der Waals surface area (Å²) in [5, 5.41) is 47.6. The van der Waals surface area contributed by atoms with E-state index < -0.39 is 46.3 Å². The summed E-state index contributed by atoms with van der Waals surface area (Å²) in [5.74, 6) is -1.20. The third-order valence-electron chi connectivity index (χ3n) is 11.6. The monoisotopic (exact) mass is 483 g/mol. The van der Waals surface area contributed by atoms with E-state index in [9.17, 15) is 20.4 Å². The zero-order valence-corrected chi connectivity index (χ0v) is 20.9. The van der Waals surface area contributed by atoms with Crippen LogP contribution in [0.4, 0.5) is 0 Å². The maximum Gasteiger partial charge on any atom is 0.117 e. The number of hydrogen-bond acceptors (Lipinski definition) is 9. The van der Waals surface area contributed by atoms with Crippen LogP contribution in [0.1, 0.15) is 26.2 Å². The van der Waals surface area contributed by atoms with Gasteiger partial charge in [-0.1, -0.05) is 6.92 Å². The number of likely N-dealkylation sites (tertiary alicyclic amines) is 1. The fourth-order valence-electron chi connectivity index (χ4n) is 10.9. The lowest BCUT2D eigenvalue weighted by Gasteiger charge is -2.70. The first kappa shape index (κ1) is 24.0. The first-order valence-electron chi connectivity index (χ1n) is 12.8. The summed E-state index contributed by atoms with van der Waals surface area (Å²) in [7, 11) is 6.61. The molecular weight excluding hydrogens is 442 g/mol. The molecule has 6 fully saturated rings. The van der Waals surface area contributed by atoms with Crippen molar-refractivity contribution < 1.29 is 39.4 Å². The molecule has 7 bridgehead atoms. The van der Waals surface area contributed by atoms with Crippen LogP contribution in [0.5, 0.6) is 0 Å². The van der Waals surface area contributed by atoms with Gasteiger partial charge in [0.1, 0.15) is 5.60 Å². The van der Waals surface area contributed by atoms with Gasteiger partial charge >= 0.3 is 0 Å². The Morgan fingerprint density at radius 2 is 1.62 bits per heavy atom. The molecular formula is C25H41NO8. The Labute approximate surface area is 201 Å². The van der Waals surface area contributed by atoms with E-state index in [2.05, 4.69) is 11.8 Å². The van der Waals surface area contributed by atoms with Crippen LogP contribution in [-0.2, 0) is 18.9 Å². The zero-order chi connectivity index (χ0) is 24.4. The average molecular weight is 484 g/mol. The number of fused-ring (bicyclic) bond motifs is 2. The summed E-state index contributed by atoms with van der Waals surface area (Å²) in [5.41, 5.74) is -3.83. The van der Waals surface area contributed by atoms with E-state index in [0.29, 0.717) is 26.0 Å². The highest BCUT2D eigenvalue weighted by atomic mass is 16.5. The van der Waals surface area contributed by atoms with Gasteiger partial charge in [0.15, 0.2) is 0 Å². The summed E-state index contributed by atoms with van der Waals surface area (Å²) >= 11 is 0. The molecule has 0 aromatic carbocycles. The molecule has 0 aromatic heterocycles. The van der Waals surface area contributed by atoms with E-state index in [4.69, 9.17) is 18.9 Å².